The minimum atomic E-state index is -2.72. The summed E-state index contributed by atoms with van der Waals surface area (Å²) in [4.78, 5) is 0. The van der Waals surface area contributed by atoms with Crippen molar-refractivity contribution in [3.8, 4) is 23.9 Å². The van der Waals surface area contributed by atoms with Gasteiger partial charge in [0.25, 0.3) is 0 Å². The Morgan fingerprint density at radius 2 is 1.00 bits per heavy atom. The first-order chi connectivity index (χ1) is 6.24. The summed E-state index contributed by atoms with van der Waals surface area (Å²) >= 11 is 0. The summed E-state index contributed by atoms with van der Waals surface area (Å²) in [6.07, 6.45) is -2.72. The van der Waals surface area contributed by atoms with Gasteiger partial charge in [0, 0.05) is 0 Å². The van der Waals surface area contributed by atoms with Gasteiger partial charge in [0.05, 0.1) is 21.1 Å². The first kappa shape index (κ1) is 14.7. The van der Waals surface area contributed by atoms with Crippen LogP contribution in [0.25, 0.3) is 0 Å². The van der Waals surface area contributed by atoms with Crippen LogP contribution in [0.1, 0.15) is 0 Å². The maximum atomic E-state index is 8.09. The third-order valence-electron chi connectivity index (χ3n) is 0.775. The molecule has 0 spiro atoms. The summed E-state index contributed by atoms with van der Waals surface area (Å²) in [6.45, 7) is 0. The van der Waals surface area contributed by atoms with Gasteiger partial charge < -0.3 is 4.15 Å². The van der Waals surface area contributed by atoms with E-state index in [-0.39, 0.29) is 0 Å². The third kappa shape index (κ3) is 8.30. The molecule has 0 unspecified atom stereocenters. The Balaban J connectivity index is 0. The van der Waals surface area contributed by atoms with Crippen LogP contribution >= 0.6 is 0 Å². The second kappa shape index (κ2) is 5.78. The van der Waals surface area contributed by atoms with E-state index in [4.69, 9.17) is 21.0 Å². The lowest BCUT2D eigenvalue weighted by Crippen LogP contribution is -2.29. The van der Waals surface area contributed by atoms with E-state index in [0.29, 0.717) is 0 Å². The van der Waals surface area contributed by atoms with Crippen LogP contribution in [0.5, 0.6) is 0 Å². The van der Waals surface area contributed by atoms with E-state index >= 15 is 0 Å². The van der Waals surface area contributed by atoms with Gasteiger partial charge in [0.1, 0.15) is 0 Å². The van der Waals surface area contributed by atoms with E-state index in [9.17, 15) is 0 Å². The predicted octanol–water partition coefficient (Wildman–Crippen LogP) is -1.34. The van der Waals surface area contributed by atoms with Gasteiger partial charge in [-0.25, -0.2) is 21.0 Å². The molecule has 0 aliphatic heterocycles. The van der Waals surface area contributed by atoms with Gasteiger partial charge >= 0.3 is 6.15 Å². The van der Waals surface area contributed by atoms with Crippen molar-refractivity contribution in [1.82, 2.24) is 0 Å². The van der Waals surface area contributed by atoms with Crippen LogP contribution in [0.2, 0.25) is 0 Å². The smallest absolute Gasteiger partial charge is 0.383 e. The molecular weight excluding hydrogens is 193 g/mol. The van der Waals surface area contributed by atoms with Crippen LogP contribution in [-0.4, -0.2) is 41.8 Å². The molecule has 0 saturated heterocycles. The van der Waals surface area contributed by atoms with Gasteiger partial charge in [-0.2, -0.15) is 0 Å². The summed E-state index contributed by atoms with van der Waals surface area (Å²) < 4.78 is 1.14. The van der Waals surface area contributed by atoms with Crippen LogP contribution in [0, 0.1) is 44.9 Å². The molecule has 0 aliphatic carbocycles. The van der Waals surface area contributed by atoms with E-state index in [2.05, 4.69) is 21.1 Å². The molecule has 72 valence electrons. The Bertz CT molecular complexity index is 277. The quantitative estimate of drug-likeness (QED) is 0.457. The SMILES string of the molecule is C[N+](C)(C)[SiH3].N#C[B-](C#N)(C#N)C#N. The first-order valence-electron chi connectivity index (χ1n) is 3.84. The van der Waals surface area contributed by atoms with Gasteiger partial charge in [-0.15, -0.1) is 23.9 Å². The predicted molar refractivity (Wildman–Crippen MR) is 56.2 cm³/mol. The minimum absolute atomic E-state index is 1.14. The normalized spacial score (nSPS) is 9.36. The first-order valence-corrected chi connectivity index (χ1v) is 4.73. The highest BCUT2D eigenvalue weighted by molar-refractivity contribution is 7.05. The molecule has 0 aliphatic rings. The second-order valence-electron chi connectivity index (χ2n) is 4.07. The molecule has 0 aromatic heterocycles. The Morgan fingerprint density at radius 1 is 0.857 bits per heavy atom. The van der Waals surface area contributed by atoms with Crippen LogP contribution in [0.3, 0.4) is 0 Å². The lowest BCUT2D eigenvalue weighted by molar-refractivity contribution is -0.749. The van der Waals surface area contributed by atoms with Crippen LogP contribution in [0.4, 0.5) is 0 Å². The molecule has 7 heteroatoms. The highest BCUT2D eigenvalue weighted by Crippen LogP contribution is 1.92. The van der Waals surface area contributed by atoms with Gasteiger partial charge in [-0.3, -0.25) is 0 Å². The van der Waals surface area contributed by atoms with Crippen molar-refractivity contribution in [2.24, 2.45) is 0 Å². The topological polar surface area (TPSA) is 95.2 Å². The van der Waals surface area contributed by atoms with Crippen molar-refractivity contribution in [2.75, 3.05) is 21.1 Å². The summed E-state index contributed by atoms with van der Waals surface area (Å²) in [5, 5.41) is 32.3. The zero-order valence-corrected chi connectivity index (χ0v) is 10.8. The molecule has 0 saturated carbocycles. The number of nitrogens with zero attached hydrogens (tertiary/aromatic N) is 5. The van der Waals surface area contributed by atoms with Gasteiger partial charge in [0.15, 0.2) is 0 Å². The Labute approximate surface area is 87.4 Å². The van der Waals surface area contributed by atoms with Crippen molar-refractivity contribution in [3.63, 3.8) is 0 Å². The molecule has 0 radical (unpaired) electrons. The maximum absolute atomic E-state index is 8.09. The highest BCUT2D eigenvalue weighted by Gasteiger charge is 2.22. The number of hydrogen-bond acceptors (Lipinski definition) is 4. The summed E-state index contributed by atoms with van der Waals surface area (Å²) in [7, 11) is 7.81. The molecule has 0 heterocycles. The second-order valence-corrected chi connectivity index (χ2v) is 6.75. The number of rotatable bonds is 0. The van der Waals surface area contributed by atoms with Gasteiger partial charge in [-0.05, 0) is 0 Å². The molecule has 0 atom stereocenters. The van der Waals surface area contributed by atoms with E-state index in [1.54, 1.807) is 0 Å². The van der Waals surface area contributed by atoms with Crippen LogP contribution in [0.15, 0.2) is 0 Å². The molecule has 14 heavy (non-hydrogen) atoms. The molecule has 0 N–H and O–H groups in total. The van der Waals surface area contributed by atoms with Gasteiger partial charge in [0.2, 0.25) is 10.4 Å². The van der Waals surface area contributed by atoms with Gasteiger partial charge in [-0.1, -0.05) is 0 Å². The number of quaternary nitrogens is 1. The van der Waals surface area contributed by atoms with E-state index in [0.717, 1.165) is 4.15 Å². The number of nitriles is 4. The molecule has 0 aromatic rings. The molecular formula is C7H12BN5Si. The summed E-state index contributed by atoms with van der Waals surface area (Å²) in [5.74, 6) is 5.38. The standard InChI is InChI=1S/C4BN4.C3H12NSi/c6-1-5(2-7,3-8)4-9;1-4(2,3)5/h;1-3,5H3/q-1;+1. The summed E-state index contributed by atoms with van der Waals surface area (Å²) in [6, 6.07) is 0. The zero-order chi connectivity index (χ0) is 11.8. The molecule has 0 rings (SSSR count). The maximum Gasteiger partial charge on any atom is 0.383 e. The Morgan fingerprint density at radius 3 is 1.00 bits per heavy atom. The molecule has 5 nitrogen and oxygen atoms in total. The fourth-order valence-electron chi connectivity index (χ4n) is 0.173. The average Bonchev–Trinajstić information content (AvgIpc) is 2.07. The van der Waals surface area contributed by atoms with Crippen molar-refractivity contribution < 1.29 is 4.15 Å². The van der Waals surface area contributed by atoms with Crippen LogP contribution in [-0.2, 0) is 0 Å². The molecule has 0 amide bonds. The number of hydrogen-bond donors (Lipinski definition) is 0. The van der Waals surface area contributed by atoms with Crippen molar-refractivity contribution in [2.45, 2.75) is 0 Å². The lowest BCUT2D eigenvalue weighted by atomic mass is 9.30. The Hall–Kier alpha value is -1.80. The zero-order valence-electron chi connectivity index (χ0n) is 8.81. The van der Waals surface area contributed by atoms with Crippen molar-refractivity contribution in [1.29, 1.82) is 21.0 Å². The average molecular weight is 205 g/mol. The monoisotopic (exact) mass is 205 g/mol. The highest BCUT2D eigenvalue weighted by atomic mass is 28.2. The van der Waals surface area contributed by atoms with Crippen LogP contribution < -0.4 is 0 Å². The molecule has 0 bridgehead atoms. The third-order valence-corrected chi connectivity index (χ3v) is 0.775. The fourth-order valence-corrected chi connectivity index (χ4v) is 0.173. The summed E-state index contributed by atoms with van der Waals surface area (Å²) in [5.41, 5.74) is 0. The van der Waals surface area contributed by atoms with Crippen molar-refractivity contribution >= 4 is 16.6 Å². The van der Waals surface area contributed by atoms with E-state index in [1.165, 1.54) is 34.3 Å². The molecule has 0 aromatic carbocycles. The van der Waals surface area contributed by atoms with Crippen molar-refractivity contribution in [3.05, 3.63) is 0 Å². The lowest BCUT2D eigenvalue weighted by Gasteiger charge is -2.17. The minimum Gasteiger partial charge on any atom is -0.398 e. The Kier molecular flexibility index (Phi) is 6.07. The van der Waals surface area contributed by atoms with E-state index in [1.807, 2.05) is 0 Å². The fraction of sp³-hybridized carbons (Fsp3) is 0.429. The molecule has 0 fully saturated rings. The largest absolute Gasteiger partial charge is 0.398 e. The van der Waals surface area contributed by atoms with E-state index < -0.39 is 6.15 Å².